The molecule has 0 aliphatic carbocycles. The molecule has 8 heteroatoms. The van der Waals surface area contributed by atoms with Crippen LogP contribution < -0.4 is 5.73 Å². The molecule has 5 rings (SSSR count). The summed E-state index contributed by atoms with van der Waals surface area (Å²) in [4.78, 5) is 0. The summed E-state index contributed by atoms with van der Waals surface area (Å²) in [5.74, 6) is 2.40. The summed E-state index contributed by atoms with van der Waals surface area (Å²) in [6, 6.07) is 29.0. The van der Waals surface area contributed by atoms with Gasteiger partial charge in [-0.1, -0.05) is 196 Å². The first-order valence-corrected chi connectivity index (χ1v) is 22.0. The third kappa shape index (κ3) is 16.4. The fourth-order valence-corrected chi connectivity index (χ4v) is 6.97. The van der Waals surface area contributed by atoms with Gasteiger partial charge in [-0.3, -0.25) is 4.57 Å². The standard InChI is InChI=1S/C25H33N3.C14H23N.C11H12Cl2N2.CH4/c1-6-7-8-10-13-21-16-19(4)23(20(5)17-21)28-24(18(2)3)26-27-25(28)22-14-11-9-12-15-22;1-4-5-6-7-8-13-9-11(2)14(15)12(3)10-13;1-8(2)10(12)14-15-11(13)9-6-4-3-5-7-9;/h9,11-12,14-18H,6-8,10,13H2,1-5H3;9-10H,4-8,15H2,1-3H3;3-8H,1-2H3;1H4/b;;14-10-,15-11+;. The predicted molar refractivity (Wildman–Crippen MR) is 260 cm³/mol. The van der Waals surface area contributed by atoms with Crippen LogP contribution in [0.15, 0.2) is 95.1 Å². The summed E-state index contributed by atoms with van der Waals surface area (Å²) >= 11 is 11.8. The summed E-state index contributed by atoms with van der Waals surface area (Å²) in [5.41, 5.74) is 18.0. The highest BCUT2D eigenvalue weighted by atomic mass is 35.5. The van der Waals surface area contributed by atoms with Gasteiger partial charge in [0.2, 0.25) is 0 Å². The van der Waals surface area contributed by atoms with E-state index in [-0.39, 0.29) is 13.3 Å². The Morgan fingerprint density at radius 1 is 0.644 bits per heavy atom. The van der Waals surface area contributed by atoms with E-state index in [4.69, 9.17) is 28.9 Å². The lowest BCUT2D eigenvalue weighted by atomic mass is 9.99. The van der Waals surface area contributed by atoms with Crippen molar-refractivity contribution in [1.29, 1.82) is 0 Å². The van der Waals surface area contributed by atoms with Crippen molar-refractivity contribution in [3.8, 4) is 17.1 Å². The number of hydrogen-bond donors (Lipinski definition) is 1. The molecule has 1 aromatic heterocycles. The second-order valence-electron chi connectivity index (χ2n) is 15.9. The zero-order valence-corrected chi connectivity index (χ0v) is 38.4. The van der Waals surface area contributed by atoms with Crippen LogP contribution in [0.4, 0.5) is 5.69 Å². The minimum atomic E-state index is 0. The van der Waals surface area contributed by atoms with Gasteiger partial charge in [0.15, 0.2) is 11.0 Å². The number of benzene rings is 4. The topological polar surface area (TPSA) is 81.5 Å². The average Bonchev–Trinajstić information content (AvgIpc) is 3.65. The Bertz CT molecular complexity index is 1980. The molecule has 0 atom stereocenters. The van der Waals surface area contributed by atoms with Crippen LogP contribution in [-0.4, -0.2) is 25.1 Å². The van der Waals surface area contributed by atoms with Gasteiger partial charge in [0.25, 0.3) is 0 Å². The third-order valence-corrected chi connectivity index (χ3v) is 10.8. The Morgan fingerprint density at radius 2 is 1.12 bits per heavy atom. The van der Waals surface area contributed by atoms with Gasteiger partial charge in [-0.15, -0.1) is 20.4 Å². The first kappa shape index (κ1) is 50.9. The molecule has 320 valence electrons. The molecule has 0 saturated carbocycles. The SMILES string of the molecule is C.CC(C)/C(Cl)=N/N=C(/Cl)c1ccccc1.CCCCCCc1cc(C)c(-n2c(-c3ccccc3)nnc2C(C)C)c(C)c1.CCCCCCc1cc(C)c(N)c(C)c1. The van der Waals surface area contributed by atoms with Crippen molar-refractivity contribution in [2.75, 3.05) is 5.73 Å². The Morgan fingerprint density at radius 3 is 1.58 bits per heavy atom. The maximum atomic E-state index is 5.94. The minimum absolute atomic E-state index is 0. The Balaban J connectivity index is 0.000000330. The van der Waals surface area contributed by atoms with Crippen LogP contribution in [0.25, 0.3) is 17.1 Å². The van der Waals surface area contributed by atoms with Crippen LogP contribution in [0, 0.1) is 33.6 Å². The fourth-order valence-electron chi connectivity index (χ4n) is 6.77. The van der Waals surface area contributed by atoms with Gasteiger partial charge in [-0.25, -0.2) is 0 Å². The van der Waals surface area contributed by atoms with Crippen LogP contribution in [-0.2, 0) is 12.8 Å². The quantitative estimate of drug-likeness (QED) is 0.0465. The number of nitrogens with zero attached hydrogens (tertiary/aromatic N) is 5. The molecule has 59 heavy (non-hydrogen) atoms. The number of hydrogen-bond acceptors (Lipinski definition) is 5. The zero-order valence-electron chi connectivity index (χ0n) is 36.9. The molecular weight excluding hydrogens is 768 g/mol. The van der Waals surface area contributed by atoms with E-state index in [9.17, 15) is 0 Å². The van der Waals surface area contributed by atoms with Crippen LogP contribution in [0.3, 0.4) is 0 Å². The Kier molecular flexibility index (Phi) is 23.1. The maximum Gasteiger partial charge on any atom is 0.168 e. The molecule has 0 amide bonds. The molecule has 0 bridgehead atoms. The zero-order chi connectivity index (χ0) is 42.6. The van der Waals surface area contributed by atoms with E-state index < -0.39 is 0 Å². The van der Waals surface area contributed by atoms with Gasteiger partial charge in [0.1, 0.15) is 11.0 Å². The highest BCUT2D eigenvalue weighted by Crippen LogP contribution is 2.31. The molecule has 0 spiro atoms. The van der Waals surface area contributed by atoms with E-state index >= 15 is 0 Å². The van der Waals surface area contributed by atoms with Crippen molar-refractivity contribution in [1.82, 2.24) is 14.8 Å². The maximum absolute atomic E-state index is 5.94. The number of nitrogen functional groups attached to an aromatic ring is 1. The fraction of sp³-hybridized carbons (Fsp3) is 0.451. The summed E-state index contributed by atoms with van der Waals surface area (Å²) in [7, 11) is 0. The van der Waals surface area contributed by atoms with Crippen LogP contribution >= 0.6 is 23.2 Å². The van der Waals surface area contributed by atoms with Crippen molar-refractivity contribution in [2.45, 2.75) is 147 Å². The van der Waals surface area contributed by atoms with Gasteiger partial charge in [0.05, 0.1) is 5.69 Å². The molecular formula is C51H72Cl2N6. The van der Waals surface area contributed by atoms with Gasteiger partial charge in [-0.2, -0.15) is 0 Å². The van der Waals surface area contributed by atoms with Crippen molar-refractivity contribution >= 4 is 39.2 Å². The van der Waals surface area contributed by atoms with Crippen molar-refractivity contribution < 1.29 is 0 Å². The van der Waals surface area contributed by atoms with Gasteiger partial charge >= 0.3 is 0 Å². The molecule has 5 aromatic rings. The van der Waals surface area contributed by atoms with Gasteiger partial charge in [0, 0.05) is 28.7 Å². The number of rotatable bonds is 16. The largest absolute Gasteiger partial charge is 0.398 e. The van der Waals surface area contributed by atoms with E-state index in [1.54, 1.807) is 0 Å². The third-order valence-electron chi connectivity index (χ3n) is 10.0. The first-order chi connectivity index (χ1) is 27.8. The van der Waals surface area contributed by atoms with E-state index in [1.165, 1.54) is 96.9 Å². The second kappa shape index (κ2) is 26.8. The monoisotopic (exact) mass is 839 g/mol. The first-order valence-electron chi connectivity index (χ1n) is 21.3. The summed E-state index contributed by atoms with van der Waals surface area (Å²) in [5, 5.41) is 17.6. The lowest BCUT2D eigenvalue weighted by Crippen LogP contribution is -2.09. The van der Waals surface area contributed by atoms with Crippen LogP contribution in [0.5, 0.6) is 0 Å². The lowest BCUT2D eigenvalue weighted by molar-refractivity contribution is 0.666. The summed E-state index contributed by atoms with van der Waals surface area (Å²) in [6.07, 6.45) is 12.9. The number of nitrogens with two attached hydrogens (primary N) is 1. The lowest BCUT2D eigenvalue weighted by Gasteiger charge is -2.19. The van der Waals surface area contributed by atoms with Gasteiger partial charge < -0.3 is 5.73 Å². The normalized spacial score (nSPS) is 11.5. The molecule has 2 N–H and O–H groups in total. The molecule has 0 aliphatic heterocycles. The van der Waals surface area contributed by atoms with Crippen LogP contribution in [0.2, 0.25) is 0 Å². The minimum Gasteiger partial charge on any atom is -0.398 e. The van der Waals surface area contributed by atoms with Crippen LogP contribution in [0.1, 0.15) is 151 Å². The molecule has 0 radical (unpaired) electrons. The second-order valence-corrected chi connectivity index (χ2v) is 16.7. The number of anilines is 1. The number of halogens is 2. The van der Waals surface area contributed by atoms with Crippen molar-refractivity contribution in [2.24, 2.45) is 16.1 Å². The van der Waals surface area contributed by atoms with E-state index in [0.717, 1.165) is 34.9 Å². The average molecular weight is 840 g/mol. The molecule has 6 nitrogen and oxygen atoms in total. The molecule has 4 aromatic carbocycles. The molecule has 0 unspecified atom stereocenters. The van der Waals surface area contributed by atoms with Gasteiger partial charge in [-0.05, 0) is 86.8 Å². The van der Waals surface area contributed by atoms with Crippen molar-refractivity contribution in [3.05, 3.63) is 130 Å². The molecule has 0 saturated heterocycles. The summed E-state index contributed by atoms with van der Waals surface area (Å²) < 4.78 is 2.27. The Labute approximate surface area is 367 Å². The number of unbranched alkanes of at least 4 members (excludes halogenated alkanes) is 6. The molecule has 0 aliphatic rings. The van der Waals surface area contributed by atoms with E-state index in [2.05, 4.69) is 129 Å². The van der Waals surface area contributed by atoms with E-state index in [0.29, 0.717) is 16.3 Å². The highest BCUT2D eigenvalue weighted by molar-refractivity contribution is 6.70. The number of aryl methyl sites for hydroxylation is 6. The highest BCUT2D eigenvalue weighted by Gasteiger charge is 2.21. The smallest absolute Gasteiger partial charge is 0.168 e. The van der Waals surface area contributed by atoms with Crippen molar-refractivity contribution in [3.63, 3.8) is 0 Å². The summed E-state index contributed by atoms with van der Waals surface area (Å²) in [6.45, 7) is 21.4. The number of aromatic nitrogens is 3. The predicted octanol–water partition coefficient (Wildman–Crippen LogP) is 15.3. The molecule has 1 heterocycles. The van der Waals surface area contributed by atoms with E-state index in [1.807, 2.05) is 50.2 Å². The molecule has 0 fully saturated rings. The Hall–Kier alpha value is -4.26.